The molecule has 0 amide bonds. The van der Waals surface area contributed by atoms with Crippen LogP contribution in [0.4, 0.5) is 0 Å². The summed E-state index contributed by atoms with van der Waals surface area (Å²) < 4.78 is 2.01. The summed E-state index contributed by atoms with van der Waals surface area (Å²) in [7, 11) is 2.01. The van der Waals surface area contributed by atoms with Crippen LogP contribution in [0.1, 0.15) is 38.3 Å². The number of hydrogen-bond acceptors (Lipinski definition) is 2. The maximum Gasteiger partial charge on any atom is 0.0568 e. The van der Waals surface area contributed by atoms with E-state index in [1.165, 1.54) is 16.7 Å². The number of aryl methyl sites for hydroxylation is 1. The van der Waals surface area contributed by atoms with Gasteiger partial charge in [0, 0.05) is 24.3 Å². The Hall–Kier alpha value is -1.61. The van der Waals surface area contributed by atoms with Crippen LogP contribution in [0, 0.1) is 0 Å². The summed E-state index contributed by atoms with van der Waals surface area (Å²) in [6.07, 6.45) is 6.28. The molecular formula is C16H23N3. The van der Waals surface area contributed by atoms with Crippen molar-refractivity contribution in [2.45, 2.75) is 39.3 Å². The monoisotopic (exact) mass is 257 g/mol. The van der Waals surface area contributed by atoms with Crippen LogP contribution >= 0.6 is 0 Å². The van der Waals surface area contributed by atoms with E-state index in [9.17, 15) is 0 Å². The molecule has 3 nitrogen and oxygen atoms in total. The predicted octanol–water partition coefficient (Wildman–Crippen LogP) is 3.63. The molecule has 0 spiro atoms. The third kappa shape index (κ3) is 3.24. The van der Waals surface area contributed by atoms with Crippen LogP contribution in [-0.2, 0) is 6.54 Å². The first-order valence-corrected chi connectivity index (χ1v) is 7.08. The molecule has 1 aromatic carbocycles. The lowest BCUT2D eigenvalue weighted by molar-refractivity contribution is 0.577. The van der Waals surface area contributed by atoms with Gasteiger partial charge in [-0.25, -0.2) is 0 Å². The van der Waals surface area contributed by atoms with Crippen molar-refractivity contribution in [2.24, 2.45) is 0 Å². The van der Waals surface area contributed by atoms with Crippen LogP contribution in [0.15, 0.2) is 36.7 Å². The number of rotatable bonds is 6. The van der Waals surface area contributed by atoms with Gasteiger partial charge in [-0.2, -0.15) is 5.10 Å². The fourth-order valence-corrected chi connectivity index (χ4v) is 2.41. The van der Waals surface area contributed by atoms with E-state index in [2.05, 4.69) is 54.7 Å². The summed E-state index contributed by atoms with van der Waals surface area (Å²) >= 11 is 0. The molecule has 19 heavy (non-hydrogen) atoms. The van der Waals surface area contributed by atoms with Gasteiger partial charge >= 0.3 is 0 Å². The Kier molecular flexibility index (Phi) is 4.74. The van der Waals surface area contributed by atoms with Crippen molar-refractivity contribution in [3.05, 3.63) is 42.2 Å². The van der Waals surface area contributed by atoms with Crippen LogP contribution < -0.4 is 5.32 Å². The molecule has 102 valence electrons. The Balaban J connectivity index is 2.26. The first kappa shape index (κ1) is 13.8. The highest BCUT2D eigenvalue weighted by molar-refractivity contribution is 5.62. The van der Waals surface area contributed by atoms with Gasteiger partial charge in [-0.3, -0.25) is 4.68 Å². The molecule has 1 unspecified atom stereocenters. The minimum absolute atomic E-state index is 0.422. The standard InChI is InChI=1S/C16H23N3/c1-4-9-19-12-15(11-18-19)13-7-6-8-14(10-13)16(5-2)17-3/h6-8,10-12,16-17H,4-5,9H2,1-3H3. The van der Waals surface area contributed by atoms with Crippen LogP contribution in [0.25, 0.3) is 11.1 Å². The van der Waals surface area contributed by atoms with E-state index in [1.54, 1.807) is 0 Å². The molecular weight excluding hydrogens is 234 g/mol. The second kappa shape index (κ2) is 6.53. The quantitative estimate of drug-likeness (QED) is 0.856. The first-order valence-electron chi connectivity index (χ1n) is 7.08. The van der Waals surface area contributed by atoms with Gasteiger partial charge in [0.2, 0.25) is 0 Å². The maximum absolute atomic E-state index is 4.40. The van der Waals surface area contributed by atoms with E-state index in [0.717, 1.165) is 19.4 Å². The predicted molar refractivity (Wildman–Crippen MR) is 80.0 cm³/mol. The lowest BCUT2D eigenvalue weighted by Crippen LogP contribution is -2.14. The molecule has 1 N–H and O–H groups in total. The van der Waals surface area contributed by atoms with E-state index >= 15 is 0 Å². The largest absolute Gasteiger partial charge is 0.313 e. The van der Waals surface area contributed by atoms with Gasteiger partial charge in [0.25, 0.3) is 0 Å². The zero-order valence-corrected chi connectivity index (χ0v) is 12.1. The smallest absolute Gasteiger partial charge is 0.0568 e. The molecule has 1 atom stereocenters. The highest BCUT2D eigenvalue weighted by atomic mass is 15.3. The molecule has 1 aromatic heterocycles. The van der Waals surface area contributed by atoms with Crippen molar-refractivity contribution in [2.75, 3.05) is 7.05 Å². The van der Waals surface area contributed by atoms with E-state index in [4.69, 9.17) is 0 Å². The molecule has 2 aromatic rings. The minimum atomic E-state index is 0.422. The summed E-state index contributed by atoms with van der Waals surface area (Å²) in [5.74, 6) is 0. The molecule has 0 aliphatic rings. The van der Waals surface area contributed by atoms with Crippen LogP contribution in [-0.4, -0.2) is 16.8 Å². The van der Waals surface area contributed by atoms with Crippen LogP contribution in [0.5, 0.6) is 0 Å². The summed E-state index contributed by atoms with van der Waals surface area (Å²) in [6.45, 7) is 5.35. The molecule has 0 saturated carbocycles. The number of nitrogens with zero attached hydrogens (tertiary/aromatic N) is 2. The normalized spacial score (nSPS) is 12.6. The molecule has 0 bridgehead atoms. The van der Waals surface area contributed by atoms with Crippen molar-refractivity contribution in [3.63, 3.8) is 0 Å². The van der Waals surface area contributed by atoms with E-state index in [1.807, 2.05) is 17.9 Å². The van der Waals surface area contributed by atoms with Gasteiger partial charge in [-0.05, 0) is 37.1 Å². The third-order valence-electron chi connectivity index (χ3n) is 3.46. The highest BCUT2D eigenvalue weighted by Gasteiger charge is 2.08. The minimum Gasteiger partial charge on any atom is -0.313 e. The second-order valence-electron chi connectivity index (χ2n) is 4.87. The fraction of sp³-hybridized carbons (Fsp3) is 0.438. The van der Waals surface area contributed by atoms with Crippen LogP contribution in [0.3, 0.4) is 0 Å². The molecule has 0 aliphatic heterocycles. The number of aromatic nitrogens is 2. The Bertz CT molecular complexity index is 512. The first-order chi connectivity index (χ1) is 9.28. The maximum atomic E-state index is 4.40. The van der Waals surface area contributed by atoms with Gasteiger partial charge in [0.1, 0.15) is 0 Å². The lowest BCUT2D eigenvalue weighted by Gasteiger charge is -2.14. The fourth-order valence-electron chi connectivity index (χ4n) is 2.41. The summed E-state index contributed by atoms with van der Waals surface area (Å²) in [6, 6.07) is 9.15. The van der Waals surface area contributed by atoms with E-state index in [0.29, 0.717) is 6.04 Å². The van der Waals surface area contributed by atoms with Crippen molar-refractivity contribution in [1.29, 1.82) is 0 Å². The SMILES string of the molecule is CCCn1cc(-c2cccc(C(CC)NC)c2)cn1. The zero-order valence-electron chi connectivity index (χ0n) is 12.1. The highest BCUT2D eigenvalue weighted by Crippen LogP contribution is 2.24. The summed E-state index contributed by atoms with van der Waals surface area (Å²) in [5.41, 5.74) is 3.78. The Morgan fingerprint density at radius 3 is 2.79 bits per heavy atom. The average molecular weight is 257 g/mol. The van der Waals surface area contributed by atoms with Gasteiger partial charge in [0.05, 0.1) is 6.20 Å². The average Bonchev–Trinajstić information content (AvgIpc) is 2.90. The van der Waals surface area contributed by atoms with E-state index in [-0.39, 0.29) is 0 Å². The molecule has 3 heteroatoms. The van der Waals surface area contributed by atoms with Gasteiger partial charge in [-0.15, -0.1) is 0 Å². The lowest BCUT2D eigenvalue weighted by atomic mass is 10.00. The molecule has 0 saturated heterocycles. The summed E-state index contributed by atoms with van der Waals surface area (Å²) in [5, 5.41) is 7.75. The van der Waals surface area contributed by atoms with Crippen molar-refractivity contribution < 1.29 is 0 Å². The van der Waals surface area contributed by atoms with Crippen molar-refractivity contribution >= 4 is 0 Å². The van der Waals surface area contributed by atoms with E-state index < -0.39 is 0 Å². The van der Waals surface area contributed by atoms with Crippen molar-refractivity contribution in [1.82, 2.24) is 15.1 Å². The van der Waals surface area contributed by atoms with Gasteiger partial charge in [-0.1, -0.05) is 32.0 Å². The second-order valence-corrected chi connectivity index (χ2v) is 4.87. The molecule has 1 heterocycles. The topological polar surface area (TPSA) is 29.9 Å². The Morgan fingerprint density at radius 1 is 1.26 bits per heavy atom. The van der Waals surface area contributed by atoms with Crippen LogP contribution in [0.2, 0.25) is 0 Å². The van der Waals surface area contributed by atoms with Crippen molar-refractivity contribution in [3.8, 4) is 11.1 Å². The Labute approximate surface area is 115 Å². The molecule has 0 fully saturated rings. The number of hydrogen-bond donors (Lipinski definition) is 1. The number of benzene rings is 1. The molecule has 0 aliphatic carbocycles. The third-order valence-corrected chi connectivity index (χ3v) is 3.46. The number of nitrogens with one attached hydrogen (secondary N) is 1. The Morgan fingerprint density at radius 2 is 2.11 bits per heavy atom. The molecule has 2 rings (SSSR count). The molecule has 0 radical (unpaired) electrons. The van der Waals surface area contributed by atoms with Gasteiger partial charge < -0.3 is 5.32 Å². The summed E-state index contributed by atoms with van der Waals surface area (Å²) in [4.78, 5) is 0. The van der Waals surface area contributed by atoms with Gasteiger partial charge in [0.15, 0.2) is 0 Å². The zero-order chi connectivity index (χ0) is 13.7.